The van der Waals surface area contributed by atoms with Gasteiger partial charge in [-0.1, -0.05) is 6.07 Å². The molecule has 1 aromatic carbocycles. The number of methoxy groups -OCH3 is 1. The van der Waals surface area contributed by atoms with Crippen molar-refractivity contribution in [2.75, 3.05) is 13.7 Å². The van der Waals surface area contributed by atoms with Crippen molar-refractivity contribution >= 4 is 17.4 Å². The van der Waals surface area contributed by atoms with Crippen LogP contribution in [0.1, 0.15) is 23.7 Å². The van der Waals surface area contributed by atoms with Gasteiger partial charge in [0.1, 0.15) is 17.6 Å². The molecule has 0 aliphatic carbocycles. The summed E-state index contributed by atoms with van der Waals surface area (Å²) in [7, 11) is 1.55. The van der Waals surface area contributed by atoms with Crippen LogP contribution in [0.3, 0.4) is 0 Å². The number of ether oxygens (including phenoxy) is 1. The van der Waals surface area contributed by atoms with E-state index in [-0.39, 0.29) is 11.3 Å². The van der Waals surface area contributed by atoms with Crippen LogP contribution in [0.5, 0.6) is 5.75 Å². The van der Waals surface area contributed by atoms with Crippen molar-refractivity contribution in [2.24, 2.45) is 0 Å². The van der Waals surface area contributed by atoms with Gasteiger partial charge in [0.15, 0.2) is 0 Å². The SMILES string of the molecule is COc1ccc(/C(O)=C2\C(=O)C(=O)N(CCCn3ccnc3)[C@H]2c2ccccn2)cc1. The van der Waals surface area contributed by atoms with Crippen LogP contribution in [-0.4, -0.2) is 49.9 Å². The fraction of sp³-hybridized carbons (Fsp3) is 0.217. The summed E-state index contributed by atoms with van der Waals surface area (Å²) in [5.41, 5.74) is 0.994. The van der Waals surface area contributed by atoms with Gasteiger partial charge in [-0.05, 0) is 42.8 Å². The van der Waals surface area contributed by atoms with Gasteiger partial charge >= 0.3 is 0 Å². The minimum absolute atomic E-state index is 0.0384. The highest BCUT2D eigenvalue weighted by Crippen LogP contribution is 2.38. The fourth-order valence-electron chi connectivity index (χ4n) is 3.70. The maximum Gasteiger partial charge on any atom is 0.295 e. The summed E-state index contributed by atoms with van der Waals surface area (Å²) in [6.07, 6.45) is 7.46. The molecule has 8 heteroatoms. The number of imidazole rings is 1. The molecule has 0 bridgehead atoms. The topological polar surface area (TPSA) is 97.6 Å². The molecule has 0 spiro atoms. The van der Waals surface area contributed by atoms with E-state index >= 15 is 0 Å². The van der Waals surface area contributed by atoms with Crippen molar-refractivity contribution in [3.63, 3.8) is 0 Å². The maximum absolute atomic E-state index is 13.0. The Balaban J connectivity index is 1.70. The Hall–Kier alpha value is -3.94. The van der Waals surface area contributed by atoms with Crippen molar-refractivity contribution < 1.29 is 19.4 Å². The first-order valence-electron chi connectivity index (χ1n) is 9.89. The number of carbonyl (C=O) groups is 2. The highest BCUT2D eigenvalue weighted by atomic mass is 16.5. The van der Waals surface area contributed by atoms with E-state index < -0.39 is 17.7 Å². The minimum atomic E-state index is -0.758. The third-order valence-electron chi connectivity index (χ3n) is 5.25. The molecule has 1 amide bonds. The molecule has 1 atom stereocenters. The van der Waals surface area contributed by atoms with Gasteiger partial charge in [-0.3, -0.25) is 14.6 Å². The number of aromatic nitrogens is 3. The van der Waals surface area contributed by atoms with Crippen LogP contribution >= 0.6 is 0 Å². The van der Waals surface area contributed by atoms with E-state index in [9.17, 15) is 14.7 Å². The molecule has 0 unspecified atom stereocenters. The average molecular weight is 418 g/mol. The number of nitrogens with zero attached hydrogens (tertiary/aromatic N) is 4. The van der Waals surface area contributed by atoms with E-state index in [4.69, 9.17) is 4.74 Å². The van der Waals surface area contributed by atoms with E-state index in [2.05, 4.69) is 9.97 Å². The summed E-state index contributed by atoms with van der Waals surface area (Å²) in [4.78, 5) is 35.7. The summed E-state index contributed by atoms with van der Waals surface area (Å²) in [6, 6.07) is 11.2. The third-order valence-corrected chi connectivity index (χ3v) is 5.25. The Kier molecular flexibility index (Phi) is 5.79. The molecule has 8 nitrogen and oxygen atoms in total. The molecule has 1 saturated heterocycles. The van der Waals surface area contributed by atoms with Crippen molar-refractivity contribution in [1.82, 2.24) is 19.4 Å². The van der Waals surface area contributed by atoms with E-state index in [1.807, 2.05) is 10.8 Å². The molecule has 1 aliphatic heterocycles. The quantitative estimate of drug-likeness (QED) is 0.360. The summed E-state index contributed by atoms with van der Waals surface area (Å²) in [5.74, 6) is -0.963. The number of Topliss-reactive ketones (excluding diaryl/α,β-unsaturated/α-hetero) is 1. The fourth-order valence-corrected chi connectivity index (χ4v) is 3.70. The van der Waals surface area contributed by atoms with Gasteiger partial charge in [0.25, 0.3) is 11.7 Å². The van der Waals surface area contributed by atoms with Gasteiger partial charge in [-0.25, -0.2) is 4.98 Å². The van der Waals surface area contributed by atoms with Crippen LogP contribution in [0.4, 0.5) is 0 Å². The second kappa shape index (κ2) is 8.83. The number of benzene rings is 1. The van der Waals surface area contributed by atoms with E-state index in [0.29, 0.717) is 36.5 Å². The second-order valence-electron chi connectivity index (χ2n) is 7.13. The molecular formula is C23H22N4O4. The maximum atomic E-state index is 13.0. The van der Waals surface area contributed by atoms with Crippen molar-refractivity contribution in [2.45, 2.75) is 19.0 Å². The summed E-state index contributed by atoms with van der Waals surface area (Å²) in [5, 5.41) is 11.0. The molecule has 1 aliphatic rings. The van der Waals surface area contributed by atoms with Gasteiger partial charge in [-0.15, -0.1) is 0 Å². The second-order valence-corrected chi connectivity index (χ2v) is 7.13. The first-order valence-corrected chi connectivity index (χ1v) is 9.89. The van der Waals surface area contributed by atoms with Gasteiger partial charge in [0, 0.05) is 37.2 Å². The molecular weight excluding hydrogens is 396 g/mol. The standard InChI is InChI=1S/C23H22N4O4/c1-31-17-8-6-16(7-9-17)21(28)19-20(18-5-2-3-10-25-18)27(23(30)22(19)29)13-4-12-26-14-11-24-15-26/h2-3,5-11,14-15,20,28H,4,12-13H2,1H3/b21-19+/t20-/m0/s1. The Morgan fingerprint density at radius 3 is 2.55 bits per heavy atom. The Morgan fingerprint density at radius 2 is 1.90 bits per heavy atom. The monoisotopic (exact) mass is 418 g/mol. The van der Waals surface area contributed by atoms with Crippen LogP contribution in [-0.2, 0) is 16.1 Å². The Labute approximate surface area is 179 Å². The summed E-state index contributed by atoms with van der Waals surface area (Å²) in [6.45, 7) is 0.986. The highest BCUT2D eigenvalue weighted by Gasteiger charge is 2.46. The Bertz CT molecular complexity index is 1090. The average Bonchev–Trinajstić information content (AvgIpc) is 3.41. The molecule has 0 radical (unpaired) electrons. The van der Waals surface area contributed by atoms with E-state index in [1.54, 1.807) is 68.3 Å². The zero-order valence-electron chi connectivity index (χ0n) is 17.0. The van der Waals surface area contributed by atoms with Crippen molar-refractivity contribution in [3.05, 3.63) is 84.2 Å². The molecule has 4 rings (SSSR count). The van der Waals surface area contributed by atoms with Crippen molar-refractivity contribution in [1.29, 1.82) is 0 Å². The number of ketones is 1. The highest BCUT2D eigenvalue weighted by molar-refractivity contribution is 6.46. The molecule has 31 heavy (non-hydrogen) atoms. The molecule has 0 saturated carbocycles. The van der Waals surface area contributed by atoms with E-state index in [0.717, 1.165) is 0 Å². The zero-order valence-corrected chi connectivity index (χ0v) is 17.0. The minimum Gasteiger partial charge on any atom is -0.507 e. The lowest BCUT2D eigenvalue weighted by molar-refractivity contribution is -0.140. The number of aliphatic hydroxyl groups is 1. The van der Waals surface area contributed by atoms with Crippen LogP contribution in [0.15, 0.2) is 73.0 Å². The molecule has 158 valence electrons. The molecule has 2 aromatic heterocycles. The summed E-state index contributed by atoms with van der Waals surface area (Å²) >= 11 is 0. The number of amides is 1. The van der Waals surface area contributed by atoms with Gasteiger partial charge in [0.2, 0.25) is 0 Å². The number of pyridine rings is 1. The van der Waals surface area contributed by atoms with Crippen LogP contribution in [0.25, 0.3) is 5.76 Å². The zero-order chi connectivity index (χ0) is 21.8. The first-order chi connectivity index (χ1) is 15.1. The smallest absolute Gasteiger partial charge is 0.295 e. The number of aliphatic hydroxyl groups excluding tert-OH is 1. The van der Waals surface area contributed by atoms with Crippen LogP contribution in [0, 0.1) is 0 Å². The number of rotatable bonds is 7. The van der Waals surface area contributed by atoms with Crippen molar-refractivity contribution in [3.8, 4) is 5.75 Å². The van der Waals surface area contributed by atoms with E-state index in [1.165, 1.54) is 4.90 Å². The number of hydrogen-bond donors (Lipinski definition) is 1. The first kappa shape index (κ1) is 20.3. The number of hydrogen-bond acceptors (Lipinski definition) is 6. The predicted molar refractivity (Wildman–Crippen MR) is 113 cm³/mol. The normalized spacial score (nSPS) is 17.8. The van der Waals surface area contributed by atoms with Gasteiger partial charge in [-0.2, -0.15) is 0 Å². The lowest BCUT2D eigenvalue weighted by Crippen LogP contribution is -2.31. The molecule has 1 fully saturated rings. The number of aryl methyl sites for hydroxylation is 1. The van der Waals surface area contributed by atoms with Crippen LogP contribution in [0.2, 0.25) is 0 Å². The summed E-state index contributed by atoms with van der Waals surface area (Å²) < 4.78 is 7.06. The van der Waals surface area contributed by atoms with Crippen LogP contribution < -0.4 is 4.74 Å². The van der Waals surface area contributed by atoms with Gasteiger partial charge in [0.05, 0.1) is 24.7 Å². The van der Waals surface area contributed by atoms with Gasteiger partial charge < -0.3 is 19.3 Å². The lowest BCUT2D eigenvalue weighted by Gasteiger charge is -2.24. The number of carbonyl (C=O) groups excluding carboxylic acids is 2. The largest absolute Gasteiger partial charge is 0.507 e. The Morgan fingerprint density at radius 1 is 1.10 bits per heavy atom. The molecule has 3 heterocycles. The predicted octanol–water partition coefficient (Wildman–Crippen LogP) is 2.80. The number of likely N-dealkylation sites (tertiary alicyclic amines) is 1. The lowest BCUT2D eigenvalue weighted by atomic mass is 9.98. The molecule has 1 N–H and O–H groups in total. The third kappa shape index (κ3) is 4.05. The molecule has 3 aromatic rings.